The van der Waals surface area contributed by atoms with Crippen LogP contribution in [0, 0.1) is 6.92 Å². The molecule has 0 aliphatic rings. The second-order valence-electron chi connectivity index (χ2n) is 6.97. The average Bonchev–Trinajstić information content (AvgIpc) is 3.21. The van der Waals surface area contributed by atoms with E-state index in [1.165, 1.54) is 4.68 Å². The summed E-state index contributed by atoms with van der Waals surface area (Å²) in [6, 6.07) is 27.4. The zero-order valence-electron chi connectivity index (χ0n) is 16.7. The first-order valence-corrected chi connectivity index (χ1v) is 9.84. The number of hydrogen-bond donors (Lipinski definition) is 2. The van der Waals surface area contributed by atoms with E-state index in [2.05, 4.69) is 20.7 Å². The van der Waals surface area contributed by atoms with E-state index in [0.29, 0.717) is 30.5 Å². The predicted molar refractivity (Wildman–Crippen MR) is 118 cm³/mol. The van der Waals surface area contributed by atoms with E-state index in [-0.39, 0.29) is 5.91 Å². The molecule has 0 bridgehead atoms. The van der Waals surface area contributed by atoms with Crippen LogP contribution < -0.4 is 10.6 Å². The molecule has 0 atom stereocenters. The van der Waals surface area contributed by atoms with Crippen molar-refractivity contribution in [3.63, 3.8) is 0 Å². The van der Waals surface area contributed by atoms with Crippen LogP contribution in [0.3, 0.4) is 0 Å². The van der Waals surface area contributed by atoms with Crippen LogP contribution in [0.15, 0.2) is 84.9 Å². The molecule has 0 spiro atoms. The van der Waals surface area contributed by atoms with Crippen molar-refractivity contribution in [2.45, 2.75) is 20.0 Å². The lowest BCUT2D eigenvalue weighted by Crippen LogP contribution is -2.18. The summed E-state index contributed by atoms with van der Waals surface area (Å²) in [6.45, 7) is 3.02. The Morgan fingerprint density at radius 3 is 2.00 bits per heavy atom. The summed E-state index contributed by atoms with van der Waals surface area (Å²) in [5.41, 5.74) is 3.69. The fourth-order valence-corrected chi connectivity index (χ4v) is 3.12. The van der Waals surface area contributed by atoms with Crippen molar-refractivity contribution in [1.82, 2.24) is 14.8 Å². The van der Waals surface area contributed by atoms with Crippen LogP contribution in [-0.4, -0.2) is 20.7 Å². The Balaban J connectivity index is 1.59. The molecule has 6 heteroatoms. The van der Waals surface area contributed by atoms with Gasteiger partial charge in [0.2, 0.25) is 11.9 Å². The van der Waals surface area contributed by atoms with Crippen LogP contribution in [-0.2, 0) is 13.1 Å². The largest absolute Gasteiger partial charge is 0.350 e. The van der Waals surface area contributed by atoms with Crippen LogP contribution >= 0.6 is 0 Å². The molecule has 0 aliphatic heterocycles. The predicted octanol–water partition coefficient (Wildman–Crippen LogP) is 4.50. The number of rotatable bonds is 7. The SMILES string of the molecule is Cc1ccccc1C(=O)n1nc(NCc2ccccc2)nc1NCc1ccccc1. The van der Waals surface area contributed by atoms with Crippen LogP contribution in [0.5, 0.6) is 0 Å². The molecular weight excluding hydrogens is 374 g/mol. The van der Waals surface area contributed by atoms with Crippen molar-refractivity contribution in [1.29, 1.82) is 0 Å². The van der Waals surface area contributed by atoms with E-state index in [9.17, 15) is 4.79 Å². The summed E-state index contributed by atoms with van der Waals surface area (Å²) in [4.78, 5) is 17.7. The van der Waals surface area contributed by atoms with Gasteiger partial charge in [-0.25, -0.2) is 0 Å². The summed E-state index contributed by atoms with van der Waals surface area (Å²) >= 11 is 0. The van der Waals surface area contributed by atoms with Crippen LogP contribution in [0.1, 0.15) is 27.0 Å². The maximum absolute atomic E-state index is 13.2. The van der Waals surface area contributed by atoms with Gasteiger partial charge in [-0.15, -0.1) is 5.10 Å². The standard InChI is InChI=1S/C24H23N5O/c1-18-10-8-9-15-21(18)22(30)29-24(26-17-20-13-6-3-7-14-20)27-23(28-29)25-16-19-11-4-2-5-12-19/h2-15H,16-17H2,1H3,(H2,25,26,27,28). The zero-order chi connectivity index (χ0) is 20.8. The van der Waals surface area contributed by atoms with E-state index < -0.39 is 0 Å². The molecule has 6 nitrogen and oxygen atoms in total. The zero-order valence-corrected chi connectivity index (χ0v) is 16.7. The van der Waals surface area contributed by atoms with Gasteiger partial charge in [0.15, 0.2) is 0 Å². The Morgan fingerprint density at radius 1 is 0.800 bits per heavy atom. The van der Waals surface area contributed by atoms with Gasteiger partial charge >= 0.3 is 0 Å². The topological polar surface area (TPSA) is 71.8 Å². The normalized spacial score (nSPS) is 10.6. The van der Waals surface area contributed by atoms with Gasteiger partial charge in [0, 0.05) is 18.7 Å². The average molecular weight is 397 g/mol. The van der Waals surface area contributed by atoms with Gasteiger partial charge in [0.05, 0.1) is 0 Å². The molecule has 0 saturated carbocycles. The summed E-state index contributed by atoms with van der Waals surface area (Å²) in [6.07, 6.45) is 0. The molecule has 3 aromatic carbocycles. The highest BCUT2D eigenvalue weighted by atomic mass is 16.2. The second kappa shape index (κ2) is 9.05. The van der Waals surface area contributed by atoms with Crippen molar-refractivity contribution in [2.75, 3.05) is 10.6 Å². The molecule has 0 aliphatic carbocycles. The van der Waals surface area contributed by atoms with Crippen LogP contribution in [0.25, 0.3) is 0 Å². The molecule has 1 aromatic heterocycles. The summed E-state index contributed by atoms with van der Waals surface area (Å²) in [5.74, 6) is 0.586. The highest BCUT2D eigenvalue weighted by molar-refractivity contribution is 5.98. The Hall–Kier alpha value is -3.93. The highest BCUT2D eigenvalue weighted by Gasteiger charge is 2.19. The number of anilines is 2. The Kier molecular flexibility index (Phi) is 5.85. The number of aromatic nitrogens is 3. The van der Waals surface area contributed by atoms with Crippen molar-refractivity contribution in [2.24, 2.45) is 0 Å². The smallest absolute Gasteiger partial charge is 0.281 e. The molecule has 2 N–H and O–H groups in total. The quantitative estimate of drug-likeness (QED) is 0.480. The van der Waals surface area contributed by atoms with Crippen molar-refractivity contribution in [3.05, 3.63) is 107 Å². The van der Waals surface area contributed by atoms with Crippen LogP contribution in [0.2, 0.25) is 0 Å². The molecule has 1 heterocycles. The van der Waals surface area contributed by atoms with Gasteiger partial charge in [0.25, 0.3) is 5.91 Å². The van der Waals surface area contributed by atoms with E-state index in [4.69, 9.17) is 0 Å². The fourth-order valence-electron chi connectivity index (χ4n) is 3.12. The third-order valence-electron chi connectivity index (χ3n) is 4.76. The first-order valence-electron chi connectivity index (χ1n) is 9.84. The summed E-state index contributed by atoms with van der Waals surface area (Å²) < 4.78 is 1.33. The van der Waals surface area contributed by atoms with Crippen molar-refractivity contribution in [3.8, 4) is 0 Å². The minimum Gasteiger partial charge on any atom is -0.350 e. The molecule has 0 saturated heterocycles. The summed E-state index contributed by atoms with van der Waals surface area (Å²) in [7, 11) is 0. The lowest BCUT2D eigenvalue weighted by atomic mass is 10.1. The first-order chi connectivity index (χ1) is 14.7. The van der Waals surface area contributed by atoms with Gasteiger partial charge in [-0.2, -0.15) is 9.67 Å². The molecule has 4 rings (SSSR count). The van der Waals surface area contributed by atoms with Crippen molar-refractivity contribution < 1.29 is 4.79 Å². The second-order valence-corrected chi connectivity index (χ2v) is 6.97. The Labute approximate surface area is 175 Å². The van der Waals surface area contributed by atoms with E-state index in [1.54, 1.807) is 6.07 Å². The lowest BCUT2D eigenvalue weighted by molar-refractivity contribution is 0.0947. The molecule has 0 amide bonds. The van der Waals surface area contributed by atoms with Gasteiger partial charge in [-0.1, -0.05) is 78.9 Å². The minimum atomic E-state index is -0.219. The Morgan fingerprint density at radius 2 is 1.37 bits per heavy atom. The number of hydrogen-bond acceptors (Lipinski definition) is 5. The van der Waals surface area contributed by atoms with E-state index in [1.807, 2.05) is 85.8 Å². The fraction of sp³-hybridized carbons (Fsp3) is 0.125. The molecular formula is C24H23N5O. The first kappa shape index (κ1) is 19.4. The molecule has 150 valence electrons. The van der Waals surface area contributed by atoms with Gasteiger partial charge in [-0.05, 0) is 29.7 Å². The third kappa shape index (κ3) is 4.55. The minimum absolute atomic E-state index is 0.219. The van der Waals surface area contributed by atoms with Crippen LogP contribution in [0.4, 0.5) is 11.9 Å². The number of aryl methyl sites for hydroxylation is 1. The maximum Gasteiger partial charge on any atom is 0.281 e. The third-order valence-corrected chi connectivity index (χ3v) is 4.76. The lowest BCUT2D eigenvalue weighted by Gasteiger charge is -2.08. The van der Waals surface area contributed by atoms with E-state index >= 15 is 0 Å². The Bertz CT molecular complexity index is 1120. The highest BCUT2D eigenvalue weighted by Crippen LogP contribution is 2.16. The van der Waals surface area contributed by atoms with Gasteiger partial charge < -0.3 is 10.6 Å². The number of benzene rings is 3. The van der Waals surface area contributed by atoms with Gasteiger partial charge in [0.1, 0.15) is 0 Å². The number of nitrogens with one attached hydrogen (secondary N) is 2. The van der Waals surface area contributed by atoms with E-state index in [0.717, 1.165) is 16.7 Å². The molecule has 0 fully saturated rings. The number of carbonyl (C=O) groups is 1. The number of carbonyl (C=O) groups excluding carboxylic acids is 1. The maximum atomic E-state index is 13.2. The monoisotopic (exact) mass is 397 g/mol. The molecule has 30 heavy (non-hydrogen) atoms. The van der Waals surface area contributed by atoms with Crippen molar-refractivity contribution >= 4 is 17.8 Å². The van der Waals surface area contributed by atoms with Gasteiger partial charge in [-0.3, -0.25) is 4.79 Å². The molecule has 0 unspecified atom stereocenters. The number of nitrogens with zero attached hydrogens (tertiary/aromatic N) is 3. The molecule has 0 radical (unpaired) electrons. The molecule has 4 aromatic rings. The summed E-state index contributed by atoms with van der Waals surface area (Å²) in [5, 5.41) is 10.9.